The van der Waals surface area contributed by atoms with Gasteiger partial charge in [-0.25, -0.2) is 0 Å². The van der Waals surface area contributed by atoms with Crippen LogP contribution in [-0.4, -0.2) is 19.6 Å². The first kappa shape index (κ1) is 16.3. The minimum atomic E-state index is 0.682. The van der Waals surface area contributed by atoms with E-state index in [0.717, 1.165) is 43.2 Å². The van der Waals surface area contributed by atoms with Gasteiger partial charge in [0.15, 0.2) is 0 Å². The highest BCUT2D eigenvalue weighted by molar-refractivity contribution is 6.35. The fourth-order valence-electron chi connectivity index (χ4n) is 2.08. The summed E-state index contributed by atoms with van der Waals surface area (Å²) in [6.07, 6.45) is 0.911. The van der Waals surface area contributed by atoms with Gasteiger partial charge >= 0.3 is 0 Å². The van der Waals surface area contributed by atoms with E-state index in [9.17, 15) is 0 Å². The highest BCUT2D eigenvalue weighted by atomic mass is 35.5. The minimum absolute atomic E-state index is 0.682. The summed E-state index contributed by atoms with van der Waals surface area (Å²) in [7, 11) is 0. The van der Waals surface area contributed by atoms with Gasteiger partial charge in [-0.05, 0) is 36.2 Å². The molecule has 0 aliphatic heterocycles. The molecule has 0 saturated carbocycles. The lowest BCUT2D eigenvalue weighted by atomic mass is 10.1. The number of hydrogen-bond acceptors (Lipinski definition) is 2. The molecule has 0 aromatic heterocycles. The van der Waals surface area contributed by atoms with Crippen molar-refractivity contribution in [1.29, 1.82) is 0 Å². The van der Waals surface area contributed by atoms with Crippen LogP contribution >= 0.6 is 23.2 Å². The summed E-state index contributed by atoms with van der Waals surface area (Å²) in [5, 5.41) is 8.25. The number of rotatable bonds is 8. The average Bonchev–Trinajstić information content (AvgIpc) is 2.49. The molecule has 2 N–H and O–H groups in total. The highest BCUT2D eigenvalue weighted by Crippen LogP contribution is 2.20. The molecule has 0 fully saturated rings. The van der Waals surface area contributed by atoms with Gasteiger partial charge in [0.05, 0.1) is 0 Å². The van der Waals surface area contributed by atoms with E-state index in [0.29, 0.717) is 5.02 Å². The predicted molar refractivity (Wildman–Crippen MR) is 91.2 cm³/mol. The van der Waals surface area contributed by atoms with E-state index in [1.165, 1.54) is 5.56 Å². The fraction of sp³-hybridized carbons (Fsp3) is 0.294. The van der Waals surface area contributed by atoms with Crippen molar-refractivity contribution in [1.82, 2.24) is 10.6 Å². The van der Waals surface area contributed by atoms with Crippen molar-refractivity contribution < 1.29 is 0 Å². The number of nitrogens with one attached hydrogen (secondary N) is 2. The minimum Gasteiger partial charge on any atom is -0.315 e. The fourth-order valence-corrected chi connectivity index (χ4v) is 2.58. The third kappa shape index (κ3) is 6.06. The second kappa shape index (κ2) is 9.06. The second-order valence-electron chi connectivity index (χ2n) is 4.90. The molecule has 0 bridgehead atoms. The molecular weight excluding hydrogens is 303 g/mol. The molecule has 4 heteroatoms. The van der Waals surface area contributed by atoms with Crippen LogP contribution in [0.3, 0.4) is 0 Å². The van der Waals surface area contributed by atoms with Crippen molar-refractivity contribution in [3.05, 3.63) is 69.7 Å². The van der Waals surface area contributed by atoms with Crippen molar-refractivity contribution in [2.24, 2.45) is 0 Å². The molecule has 0 saturated heterocycles. The average molecular weight is 323 g/mol. The summed E-state index contributed by atoms with van der Waals surface area (Å²) >= 11 is 12.0. The van der Waals surface area contributed by atoms with Gasteiger partial charge in [-0.3, -0.25) is 0 Å². The smallest absolute Gasteiger partial charge is 0.0453 e. The molecule has 2 nitrogen and oxygen atoms in total. The molecule has 112 valence electrons. The Balaban J connectivity index is 1.56. The van der Waals surface area contributed by atoms with E-state index >= 15 is 0 Å². The van der Waals surface area contributed by atoms with E-state index in [4.69, 9.17) is 23.2 Å². The van der Waals surface area contributed by atoms with Crippen LogP contribution in [0.25, 0.3) is 0 Å². The van der Waals surface area contributed by atoms with E-state index in [2.05, 4.69) is 34.9 Å². The Morgan fingerprint density at radius 2 is 1.57 bits per heavy atom. The third-order valence-corrected chi connectivity index (χ3v) is 3.82. The molecule has 0 spiro atoms. The Kier molecular flexibility index (Phi) is 7.04. The molecule has 0 radical (unpaired) electrons. The molecule has 2 rings (SSSR count). The van der Waals surface area contributed by atoms with Crippen LogP contribution in [0, 0.1) is 0 Å². The quantitative estimate of drug-likeness (QED) is 0.720. The number of halogens is 2. The third-order valence-electron chi connectivity index (χ3n) is 3.24. The van der Waals surface area contributed by atoms with E-state index in [1.54, 1.807) is 6.07 Å². The lowest BCUT2D eigenvalue weighted by Gasteiger charge is -2.08. The SMILES string of the molecule is Clc1ccc(CCNCCNCc2ccccc2)c(Cl)c1. The molecule has 0 unspecified atom stereocenters. The van der Waals surface area contributed by atoms with Crippen LogP contribution in [-0.2, 0) is 13.0 Å². The van der Waals surface area contributed by atoms with Crippen molar-refractivity contribution in [3.63, 3.8) is 0 Å². The molecule has 0 amide bonds. The highest BCUT2D eigenvalue weighted by Gasteiger charge is 2.00. The van der Waals surface area contributed by atoms with Gasteiger partial charge in [-0.1, -0.05) is 59.6 Å². The van der Waals surface area contributed by atoms with Crippen LogP contribution in [0.5, 0.6) is 0 Å². The Bertz CT molecular complexity index is 544. The van der Waals surface area contributed by atoms with Gasteiger partial charge in [0, 0.05) is 29.7 Å². The van der Waals surface area contributed by atoms with E-state index < -0.39 is 0 Å². The molecule has 0 heterocycles. The largest absolute Gasteiger partial charge is 0.315 e. The van der Waals surface area contributed by atoms with E-state index in [-0.39, 0.29) is 0 Å². The first-order chi connectivity index (χ1) is 10.3. The molecule has 2 aromatic carbocycles. The van der Waals surface area contributed by atoms with Crippen LogP contribution in [0.1, 0.15) is 11.1 Å². The monoisotopic (exact) mass is 322 g/mol. The summed E-state index contributed by atoms with van der Waals surface area (Å²) in [5.74, 6) is 0. The number of hydrogen-bond donors (Lipinski definition) is 2. The van der Waals surface area contributed by atoms with Crippen molar-refractivity contribution in [3.8, 4) is 0 Å². The first-order valence-corrected chi connectivity index (χ1v) is 7.90. The van der Waals surface area contributed by atoms with Crippen molar-refractivity contribution >= 4 is 23.2 Å². The van der Waals surface area contributed by atoms with E-state index in [1.807, 2.05) is 18.2 Å². The topological polar surface area (TPSA) is 24.1 Å². The lowest BCUT2D eigenvalue weighted by Crippen LogP contribution is -2.28. The molecule has 0 aliphatic carbocycles. The first-order valence-electron chi connectivity index (χ1n) is 7.15. The van der Waals surface area contributed by atoms with Gasteiger partial charge in [-0.15, -0.1) is 0 Å². The van der Waals surface area contributed by atoms with Crippen LogP contribution in [0.15, 0.2) is 48.5 Å². The summed E-state index contributed by atoms with van der Waals surface area (Å²) in [6.45, 7) is 3.71. The van der Waals surface area contributed by atoms with Gasteiger partial charge in [-0.2, -0.15) is 0 Å². The van der Waals surface area contributed by atoms with Crippen molar-refractivity contribution in [2.75, 3.05) is 19.6 Å². The summed E-state index contributed by atoms with van der Waals surface area (Å²) < 4.78 is 0. The zero-order valence-electron chi connectivity index (χ0n) is 11.9. The van der Waals surface area contributed by atoms with Gasteiger partial charge in [0.25, 0.3) is 0 Å². The summed E-state index contributed by atoms with van der Waals surface area (Å²) in [5.41, 5.74) is 2.44. The summed E-state index contributed by atoms with van der Waals surface area (Å²) in [6, 6.07) is 16.1. The molecule has 21 heavy (non-hydrogen) atoms. The maximum Gasteiger partial charge on any atom is 0.0453 e. The van der Waals surface area contributed by atoms with Crippen LogP contribution in [0.4, 0.5) is 0 Å². The van der Waals surface area contributed by atoms with Gasteiger partial charge in [0.1, 0.15) is 0 Å². The van der Waals surface area contributed by atoms with Crippen LogP contribution in [0.2, 0.25) is 10.0 Å². The second-order valence-corrected chi connectivity index (χ2v) is 5.74. The van der Waals surface area contributed by atoms with Crippen molar-refractivity contribution in [2.45, 2.75) is 13.0 Å². The lowest BCUT2D eigenvalue weighted by molar-refractivity contribution is 0.611. The zero-order valence-corrected chi connectivity index (χ0v) is 13.4. The molecular formula is C17H20Cl2N2. The Morgan fingerprint density at radius 1 is 0.810 bits per heavy atom. The normalized spacial score (nSPS) is 10.8. The maximum absolute atomic E-state index is 6.14. The Labute approximate surface area is 136 Å². The molecule has 0 aliphatic rings. The summed E-state index contributed by atoms with van der Waals surface area (Å²) in [4.78, 5) is 0. The Morgan fingerprint density at radius 3 is 2.33 bits per heavy atom. The van der Waals surface area contributed by atoms with Crippen LogP contribution < -0.4 is 10.6 Å². The standard InChI is InChI=1S/C17H20Cl2N2/c18-16-7-6-15(17(19)12-16)8-9-20-10-11-21-13-14-4-2-1-3-5-14/h1-7,12,20-21H,8-11,13H2. The predicted octanol–water partition coefficient (Wildman–Crippen LogP) is 3.92. The zero-order chi connectivity index (χ0) is 14.9. The van der Waals surface area contributed by atoms with Gasteiger partial charge in [0.2, 0.25) is 0 Å². The van der Waals surface area contributed by atoms with Gasteiger partial charge < -0.3 is 10.6 Å². The Hall–Kier alpha value is -1.06. The molecule has 0 atom stereocenters. The molecule has 2 aromatic rings. The number of benzene rings is 2. The maximum atomic E-state index is 6.14.